The summed E-state index contributed by atoms with van der Waals surface area (Å²) in [6, 6.07) is 8.10. The van der Waals surface area contributed by atoms with Gasteiger partial charge in [0.25, 0.3) is 11.8 Å². The minimum absolute atomic E-state index is 0.00962. The Kier molecular flexibility index (Phi) is 9.41. The summed E-state index contributed by atoms with van der Waals surface area (Å²) in [5.74, 6) is -0.762. The van der Waals surface area contributed by atoms with Crippen LogP contribution in [0.1, 0.15) is 45.1 Å². The van der Waals surface area contributed by atoms with Gasteiger partial charge in [-0.05, 0) is 68.8 Å². The van der Waals surface area contributed by atoms with Crippen LogP contribution in [-0.4, -0.2) is 98.6 Å². The third-order valence-corrected chi connectivity index (χ3v) is 9.07. The Hall–Kier alpha value is -5.25. The molecule has 0 bridgehead atoms. The normalized spacial score (nSPS) is 15.7. The Morgan fingerprint density at radius 1 is 0.939 bits per heavy atom. The van der Waals surface area contributed by atoms with Gasteiger partial charge < -0.3 is 30.3 Å². The number of aromatic amines is 1. The number of alkyl halides is 3. The van der Waals surface area contributed by atoms with Crippen molar-refractivity contribution in [3.05, 3.63) is 65.4 Å². The van der Waals surface area contributed by atoms with Crippen LogP contribution in [-0.2, 0) is 18.0 Å². The van der Waals surface area contributed by atoms with Gasteiger partial charge in [0.1, 0.15) is 0 Å². The lowest BCUT2D eigenvalue weighted by Gasteiger charge is -2.37. The van der Waals surface area contributed by atoms with Gasteiger partial charge >= 0.3 is 6.18 Å². The number of benzene rings is 1. The zero-order valence-corrected chi connectivity index (χ0v) is 27.3. The van der Waals surface area contributed by atoms with Gasteiger partial charge in [-0.3, -0.25) is 24.5 Å². The molecule has 4 aromatic rings. The van der Waals surface area contributed by atoms with Gasteiger partial charge in [0.15, 0.2) is 11.5 Å². The van der Waals surface area contributed by atoms with Crippen LogP contribution >= 0.6 is 0 Å². The summed E-state index contributed by atoms with van der Waals surface area (Å²) in [5, 5.41) is 14.9. The first-order chi connectivity index (χ1) is 23.5. The molecule has 0 aliphatic carbocycles. The van der Waals surface area contributed by atoms with Gasteiger partial charge in [-0.2, -0.15) is 18.3 Å². The highest BCUT2D eigenvalue weighted by molar-refractivity contribution is 6.03. The van der Waals surface area contributed by atoms with E-state index in [2.05, 4.69) is 36.1 Å². The van der Waals surface area contributed by atoms with Crippen molar-refractivity contribution in [2.45, 2.75) is 25.9 Å². The number of pyridine rings is 1. The van der Waals surface area contributed by atoms with Gasteiger partial charge in [-0.15, -0.1) is 0 Å². The smallest absolute Gasteiger partial charge is 0.387 e. The lowest BCUT2D eigenvalue weighted by atomic mass is 9.96. The van der Waals surface area contributed by atoms with Gasteiger partial charge in [-0.25, -0.2) is 4.98 Å². The molecule has 3 aromatic heterocycles. The Morgan fingerprint density at radius 3 is 2.27 bits per heavy atom. The zero-order chi connectivity index (χ0) is 34.9. The molecule has 0 spiro atoms. The number of halogens is 3. The average Bonchev–Trinajstić information content (AvgIpc) is 3.72. The molecule has 3 amide bonds. The molecule has 5 heterocycles. The average molecular weight is 679 g/mol. The number of carbonyl (C=O) groups is 3. The molecular formula is C33H37F3N10O3. The minimum atomic E-state index is -4.80. The van der Waals surface area contributed by atoms with Gasteiger partial charge in [0, 0.05) is 57.4 Å². The number of H-pyrrole nitrogens is 1. The zero-order valence-electron chi connectivity index (χ0n) is 27.3. The fourth-order valence-electron chi connectivity index (χ4n) is 6.32. The lowest BCUT2D eigenvalue weighted by Crippen LogP contribution is -2.52. The summed E-state index contributed by atoms with van der Waals surface area (Å²) in [5.41, 5.74) is 0.962. The van der Waals surface area contributed by atoms with Crippen molar-refractivity contribution in [1.29, 1.82) is 0 Å². The fourth-order valence-corrected chi connectivity index (χ4v) is 6.32. The molecule has 0 unspecified atom stereocenters. The Bertz CT molecular complexity index is 1850. The molecule has 13 nitrogen and oxygen atoms in total. The number of hydrogen-bond acceptors (Lipinski definition) is 8. The topological polar surface area (TPSA) is 153 Å². The van der Waals surface area contributed by atoms with Crippen molar-refractivity contribution in [3.63, 3.8) is 0 Å². The number of hydrogen-bond donors (Lipinski definition) is 4. The standard InChI is InChI=1S/C33H37F3N10O3/c1-19-16-21(4-6-23(19)32(49)46-14-12-45(13-15-46)31(48)20-8-10-38-11-9-20)41-30(47)29-40-18-25(44(29)3)26-27(42-43-28(26)33(34,35)36)24-7-5-22(37-2)17-39-24/h4-7,16-18,20,37-38H,8-15H2,1-3H3,(H,41,47)(H,42,43). The van der Waals surface area contributed by atoms with Crippen molar-refractivity contribution in [2.24, 2.45) is 13.0 Å². The third-order valence-electron chi connectivity index (χ3n) is 9.07. The number of imidazole rings is 1. The molecule has 2 aliphatic heterocycles. The van der Waals surface area contributed by atoms with E-state index in [1.807, 2.05) is 4.90 Å². The van der Waals surface area contributed by atoms with Crippen LogP contribution in [0.4, 0.5) is 24.5 Å². The van der Waals surface area contributed by atoms with Crippen LogP contribution < -0.4 is 16.0 Å². The predicted octanol–water partition coefficient (Wildman–Crippen LogP) is 3.78. The first-order valence-electron chi connectivity index (χ1n) is 16.0. The minimum Gasteiger partial charge on any atom is -0.387 e. The second-order valence-corrected chi connectivity index (χ2v) is 12.2. The molecule has 16 heteroatoms. The molecule has 0 radical (unpaired) electrons. The number of aryl methyl sites for hydroxylation is 1. The number of aromatic nitrogens is 5. The second kappa shape index (κ2) is 13.7. The SMILES string of the molecule is CNc1ccc(-c2[nH]nc(C(F)(F)F)c2-c2cnc(C(=O)Nc3ccc(C(=O)N4CCN(C(=O)C5CCNCC5)CC4)c(C)c3)n2C)nc1. The van der Waals surface area contributed by atoms with Crippen molar-refractivity contribution in [3.8, 4) is 22.6 Å². The molecule has 258 valence electrons. The van der Waals surface area contributed by atoms with E-state index in [0.717, 1.165) is 25.9 Å². The Labute approximate surface area is 280 Å². The van der Waals surface area contributed by atoms with E-state index >= 15 is 0 Å². The van der Waals surface area contributed by atoms with E-state index < -0.39 is 17.8 Å². The fraction of sp³-hybridized carbons (Fsp3) is 0.394. The number of piperidine rings is 1. The molecule has 2 aliphatic rings. The number of nitrogens with one attached hydrogen (secondary N) is 4. The van der Waals surface area contributed by atoms with E-state index in [1.165, 1.54) is 24.0 Å². The molecule has 0 atom stereocenters. The van der Waals surface area contributed by atoms with Gasteiger partial charge in [0.05, 0.1) is 40.7 Å². The highest BCUT2D eigenvalue weighted by Crippen LogP contribution is 2.41. The number of piperazine rings is 1. The van der Waals surface area contributed by atoms with Crippen LogP contribution in [0.5, 0.6) is 0 Å². The number of amides is 3. The van der Waals surface area contributed by atoms with Gasteiger partial charge in [0.2, 0.25) is 5.91 Å². The van der Waals surface area contributed by atoms with Gasteiger partial charge in [-0.1, -0.05) is 0 Å². The largest absolute Gasteiger partial charge is 0.435 e. The van der Waals surface area contributed by atoms with Crippen LogP contribution in [0.2, 0.25) is 0 Å². The Balaban J connectivity index is 1.15. The first-order valence-corrected chi connectivity index (χ1v) is 16.0. The van der Waals surface area contributed by atoms with E-state index in [4.69, 9.17) is 0 Å². The van der Waals surface area contributed by atoms with Crippen LogP contribution in [0.15, 0.2) is 42.7 Å². The van der Waals surface area contributed by atoms with Crippen LogP contribution in [0, 0.1) is 12.8 Å². The second-order valence-electron chi connectivity index (χ2n) is 12.2. The maximum absolute atomic E-state index is 14.1. The maximum Gasteiger partial charge on any atom is 0.435 e. The highest BCUT2D eigenvalue weighted by atomic mass is 19.4. The Morgan fingerprint density at radius 2 is 1.63 bits per heavy atom. The highest BCUT2D eigenvalue weighted by Gasteiger charge is 2.40. The summed E-state index contributed by atoms with van der Waals surface area (Å²) < 4.78 is 43.5. The van der Waals surface area contributed by atoms with E-state index in [-0.39, 0.29) is 46.2 Å². The van der Waals surface area contributed by atoms with E-state index in [9.17, 15) is 27.6 Å². The molecule has 6 rings (SSSR count). The third kappa shape index (κ3) is 6.86. The van der Waals surface area contributed by atoms with E-state index in [0.29, 0.717) is 48.7 Å². The van der Waals surface area contributed by atoms with Crippen molar-refractivity contribution >= 4 is 29.1 Å². The quantitative estimate of drug-likeness (QED) is 0.231. The number of anilines is 2. The van der Waals surface area contributed by atoms with Crippen LogP contribution in [0.3, 0.4) is 0 Å². The molecule has 4 N–H and O–H groups in total. The molecular weight excluding hydrogens is 641 g/mol. The van der Waals surface area contributed by atoms with Crippen LogP contribution in [0.25, 0.3) is 22.6 Å². The summed E-state index contributed by atoms with van der Waals surface area (Å²) in [6.07, 6.45) is -0.468. The van der Waals surface area contributed by atoms with Crippen molar-refractivity contribution < 1.29 is 27.6 Å². The summed E-state index contributed by atoms with van der Waals surface area (Å²) >= 11 is 0. The van der Waals surface area contributed by atoms with E-state index in [1.54, 1.807) is 49.2 Å². The molecule has 2 fully saturated rings. The first kappa shape index (κ1) is 33.6. The molecule has 49 heavy (non-hydrogen) atoms. The van der Waals surface area contributed by atoms with Crippen molar-refractivity contribution in [2.75, 3.05) is 56.9 Å². The molecule has 1 aromatic carbocycles. The van der Waals surface area contributed by atoms with Crippen molar-refractivity contribution in [1.82, 2.24) is 39.8 Å². The summed E-state index contributed by atoms with van der Waals surface area (Å²) in [4.78, 5) is 51.6. The predicted molar refractivity (Wildman–Crippen MR) is 176 cm³/mol. The lowest BCUT2D eigenvalue weighted by molar-refractivity contribution is -0.140. The molecule has 0 saturated carbocycles. The molecule has 2 saturated heterocycles. The number of carbonyl (C=O) groups excluding carboxylic acids is 3. The number of nitrogens with zero attached hydrogens (tertiary/aromatic N) is 6. The summed E-state index contributed by atoms with van der Waals surface area (Å²) in [6.45, 7) is 5.27. The number of rotatable bonds is 7. The monoisotopic (exact) mass is 678 g/mol. The maximum atomic E-state index is 14.1. The summed E-state index contributed by atoms with van der Waals surface area (Å²) in [7, 11) is 3.14.